The minimum Gasteiger partial charge on any atom is -0.508 e. The summed E-state index contributed by atoms with van der Waals surface area (Å²) in [6.07, 6.45) is 2.08. The predicted octanol–water partition coefficient (Wildman–Crippen LogP) is 1.39. The van der Waals surface area contributed by atoms with Crippen molar-refractivity contribution in [1.29, 1.82) is 0 Å². The molecule has 0 heterocycles. The highest BCUT2D eigenvalue weighted by atomic mass is 16.3. The highest BCUT2D eigenvalue weighted by Crippen LogP contribution is 2.19. The third-order valence-corrected chi connectivity index (χ3v) is 2.57. The van der Waals surface area contributed by atoms with Crippen molar-refractivity contribution in [2.24, 2.45) is 0 Å². The summed E-state index contributed by atoms with van der Waals surface area (Å²) in [5.41, 5.74) is 3.60. The summed E-state index contributed by atoms with van der Waals surface area (Å²) in [4.78, 5) is 0. The average molecular weight is 172 g/mol. The zero-order valence-corrected chi connectivity index (χ0v) is 7.89. The number of phenolic OH excluding ortho intramolecular Hbond substituents is 1. The molecule has 1 N–H and O–H groups in total. The molecule has 0 aliphatic heterocycles. The van der Waals surface area contributed by atoms with Gasteiger partial charge in [-0.3, -0.25) is 0 Å². The molecular formula is C12H12O. The molecule has 2 rings (SSSR count). The number of benzene rings is 1. The van der Waals surface area contributed by atoms with Crippen LogP contribution in [0.4, 0.5) is 0 Å². The molecule has 1 aromatic carbocycles. The molecule has 0 saturated heterocycles. The fourth-order valence-electron chi connectivity index (χ4n) is 1.82. The Morgan fingerprint density at radius 3 is 2.62 bits per heavy atom. The van der Waals surface area contributed by atoms with Crippen LogP contribution in [0.15, 0.2) is 17.7 Å². The van der Waals surface area contributed by atoms with Crippen LogP contribution in [0.5, 0.6) is 5.75 Å². The number of hydrogen-bond donors (Lipinski definition) is 1. The summed E-state index contributed by atoms with van der Waals surface area (Å²) < 4.78 is 0. The lowest BCUT2D eigenvalue weighted by Crippen LogP contribution is -2.25. The van der Waals surface area contributed by atoms with Crippen LogP contribution in [0.2, 0.25) is 0 Å². The second-order valence-electron chi connectivity index (χ2n) is 3.52. The summed E-state index contributed by atoms with van der Waals surface area (Å²) in [6.45, 7) is 8.09. The van der Waals surface area contributed by atoms with Gasteiger partial charge in [-0.25, -0.2) is 0 Å². The van der Waals surface area contributed by atoms with Crippen LogP contribution in [0.25, 0.3) is 18.2 Å². The predicted molar refractivity (Wildman–Crippen MR) is 55.6 cm³/mol. The maximum absolute atomic E-state index is 9.37. The molecule has 1 aliphatic carbocycles. The maximum atomic E-state index is 9.37. The number of aromatic hydroxyl groups is 1. The molecule has 0 aromatic heterocycles. The molecule has 0 fully saturated rings. The van der Waals surface area contributed by atoms with E-state index >= 15 is 0 Å². The SMILES string of the molecule is C=c1cc(O)cc2c1=C(C)C(C)=C2. The van der Waals surface area contributed by atoms with Crippen molar-refractivity contribution < 1.29 is 5.11 Å². The molecular weight excluding hydrogens is 160 g/mol. The van der Waals surface area contributed by atoms with Crippen LogP contribution in [0.3, 0.4) is 0 Å². The number of hydrogen-bond acceptors (Lipinski definition) is 1. The molecule has 66 valence electrons. The van der Waals surface area contributed by atoms with Gasteiger partial charge in [-0.15, -0.1) is 0 Å². The Bertz CT molecular complexity index is 507. The van der Waals surface area contributed by atoms with Gasteiger partial charge >= 0.3 is 0 Å². The van der Waals surface area contributed by atoms with Crippen LogP contribution in [0, 0.1) is 0 Å². The average Bonchev–Trinajstić information content (AvgIpc) is 2.27. The van der Waals surface area contributed by atoms with Crippen molar-refractivity contribution in [3.8, 4) is 5.75 Å². The molecule has 1 aromatic rings. The van der Waals surface area contributed by atoms with E-state index in [0.717, 1.165) is 10.8 Å². The van der Waals surface area contributed by atoms with Gasteiger partial charge in [0.25, 0.3) is 0 Å². The molecule has 0 bridgehead atoms. The van der Waals surface area contributed by atoms with E-state index in [1.54, 1.807) is 12.1 Å². The molecule has 0 amide bonds. The fourth-order valence-corrected chi connectivity index (χ4v) is 1.82. The van der Waals surface area contributed by atoms with Crippen LogP contribution in [-0.4, -0.2) is 5.11 Å². The van der Waals surface area contributed by atoms with Crippen molar-refractivity contribution in [3.05, 3.63) is 33.7 Å². The lowest BCUT2D eigenvalue weighted by Gasteiger charge is -1.96. The van der Waals surface area contributed by atoms with E-state index in [4.69, 9.17) is 0 Å². The van der Waals surface area contributed by atoms with Crippen LogP contribution < -0.4 is 10.4 Å². The molecule has 0 spiro atoms. The van der Waals surface area contributed by atoms with Gasteiger partial charge in [-0.2, -0.15) is 0 Å². The van der Waals surface area contributed by atoms with Crippen LogP contribution in [-0.2, 0) is 0 Å². The molecule has 0 atom stereocenters. The Hall–Kier alpha value is -1.50. The van der Waals surface area contributed by atoms with Crippen molar-refractivity contribution >= 4 is 18.2 Å². The third-order valence-electron chi connectivity index (χ3n) is 2.57. The molecule has 1 nitrogen and oxygen atoms in total. The second kappa shape index (κ2) is 2.49. The van der Waals surface area contributed by atoms with Gasteiger partial charge in [0, 0.05) is 0 Å². The minimum absolute atomic E-state index is 0.294. The number of allylic oxidation sites excluding steroid dienone is 1. The standard InChI is InChI=1S/C12H12O/c1-7-4-10-6-11(13)5-8(2)12(10)9(7)3/h4-6,13H,2H2,1,3H3. The summed E-state index contributed by atoms with van der Waals surface area (Å²) in [5.74, 6) is 0.294. The molecule has 1 heteroatoms. The van der Waals surface area contributed by atoms with Gasteiger partial charge < -0.3 is 5.11 Å². The fraction of sp³-hybridized carbons (Fsp3) is 0.167. The first-order valence-corrected chi connectivity index (χ1v) is 4.31. The Labute approximate surface area is 77.3 Å². The summed E-state index contributed by atoms with van der Waals surface area (Å²) in [7, 11) is 0. The van der Waals surface area contributed by atoms with Gasteiger partial charge in [-0.05, 0) is 53.1 Å². The third kappa shape index (κ3) is 1.08. The normalized spacial score (nSPS) is 14.3. The number of phenols is 1. The van der Waals surface area contributed by atoms with E-state index in [9.17, 15) is 5.11 Å². The van der Waals surface area contributed by atoms with E-state index < -0.39 is 0 Å². The summed E-state index contributed by atoms with van der Waals surface area (Å²) in [5, 5.41) is 11.5. The van der Waals surface area contributed by atoms with Crippen molar-refractivity contribution in [1.82, 2.24) is 0 Å². The first-order chi connectivity index (χ1) is 6.09. The Morgan fingerprint density at radius 2 is 1.92 bits per heavy atom. The quantitative estimate of drug-likeness (QED) is 0.627. The number of fused-ring (bicyclic) bond motifs is 1. The lowest BCUT2D eigenvalue weighted by atomic mass is 10.1. The highest BCUT2D eigenvalue weighted by Gasteiger charge is 2.08. The largest absolute Gasteiger partial charge is 0.508 e. The van der Waals surface area contributed by atoms with E-state index in [1.807, 2.05) is 0 Å². The lowest BCUT2D eigenvalue weighted by molar-refractivity contribution is 0.474. The molecule has 0 radical (unpaired) electrons. The first-order valence-electron chi connectivity index (χ1n) is 4.31. The molecule has 13 heavy (non-hydrogen) atoms. The molecule has 0 saturated carbocycles. The van der Waals surface area contributed by atoms with Gasteiger partial charge in [-0.1, -0.05) is 12.7 Å². The van der Waals surface area contributed by atoms with Gasteiger partial charge in [0.2, 0.25) is 0 Å². The van der Waals surface area contributed by atoms with Gasteiger partial charge in [0.1, 0.15) is 5.75 Å². The Kier molecular flexibility index (Phi) is 1.56. The minimum atomic E-state index is 0.294. The van der Waals surface area contributed by atoms with Gasteiger partial charge in [0.05, 0.1) is 0 Å². The zero-order valence-electron chi connectivity index (χ0n) is 7.89. The second-order valence-corrected chi connectivity index (χ2v) is 3.52. The topological polar surface area (TPSA) is 20.2 Å². The highest BCUT2D eigenvalue weighted by molar-refractivity contribution is 5.80. The molecule has 0 unspecified atom stereocenters. The van der Waals surface area contributed by atoms with E-state index in [-0.39, 0.29) is 0 Å². The van der Waals surface area contributed by atoms with E-state index in [0.29, 0.717) is 5.75 Å². The number of rotatable bonds is 0. The maximum Gasteiger partial charge on any atom is 0.116 e. The zero-order chi connectivity index (χ0) is 9.59. The molecule has 1 aliphatic rings. The summed E-state index contributed by atoms with van der Waals surface area (Å²) >= 11 is 0. The first kappa shape index (κ1) is 8.11. The van der Waals surface area contributed by atoms with Gasteiger partial charge in [0.15, 0.2) is 0 Å². The monoisotopic (exact) mass is 172 g/mol. The van der Waals surface area contributed by atoms with Crippen LogP contribution >= 0.6 is 0 Å². The summed E-state index contributed by atoms with van der Waals surface area (Å²) in [6, 6.07) is 3.48. The Morgan fingerprint density at radius 1 is 1.23 bits per heavy atom. The van der Waals surface area contributed by atoms with E-state index in [1.165, 1.54) is 16.4 Å². The van der Waals surface area contributed by atoms with E-state index in [2.05, 4.69) is 26.5 Å². The van der Waals surface area contributed by atoms with Crippen molar-refractivity contribution in [3.63, 3.8) is 0 Å². The van der Waals surface area contributed by atoms with Crippen molar-refractivity contribution in [2.45, 2.75) is 13.8 Å². The van der Waals surface area contributed by atoms with Crippen LogP contribution in [0.1, 0.15) is 19.4 Å². The smallest absolute Gasteiger partial charge is 0.116 e. The Balaban J connectivity index is 2.96. The van der Waals surface area contributed by atoms with Crippen molar-refractivity contribution in [2.75, 3.05) is 0 Å².